The van der Waals surface area contributed by atoms with E-state index >= 15 is 0 Å². The molecule has 162 valence electrons. The SMILES string of the molecule is COc1cc(/C=C/c2nc3n(n2)CCO[C@@H]3c2ccc(Br)cc2)ccc1-n1cnc(C)c1. The van der Waals surface area contributed by atoms with E-state index in [9.17, 15) is 0 Å². The van der Waals surface area contributed by atoms with E-state index < -0.39 is 0 Å². The summed E-state index contributed by atoms with van der Waals surface area (Å²) in [5, 5.41) is 4.66. The molecule has 0 radical (unpaired) electrons. The Bertz CT molecular complexity index is 1280. The Morgan fingerprint density at radius 1 is 1.16 bits per heavy atom. The lowest BCUT2D eigenvalue weighted by Crippen LogP contribution is -2.23. The molecule has 0 aliphatic carbocycles. The number of ether oxygens (including phenoxy) is 2. The van der Waals surface area contributed by atoms with Crippen molar-refractivity contribution in [2.24, 2.45) is 0 Å². The summed E-state index contributed by atoms with van der Waals surface area (Å²) < 4.78 is 16.5. The predicted octanol–water partition coefficient (Wildman–Crippen LogP) is 4.83. The number of rotatable bonds is 5. The van der Waals surface area contributed by atoms with E-state index in [-0.39, 0.29) is 6.10 Å². The third kappa shape index (κ3) is 4.11. The minimum atomic E-state index is -0.218. The van der Waals surface area contributed by atoms with Gasteiger partial charge >= 0.3 is 0 Å². The third-order valence-corrected chi connectivity index (χ3v) is 5.86. The lowest BCUT2D eigenvalue weighted by molar-refractivity contribution is 0.0389. The number of imidazole rings is 1. The van der Waals surface area contributed by atoms with Crippen LogP contribution in [0.1, 0.15) is 34.6 Å². The number of nitrogens with zero attached hydrogens (tertiary/aromatic N) is 5. The van der Waals surface area contributed by atoms with E-state index in [2.05, 4.69) is 26.0 Å². The van der Waals surface area contributed by atoms with E-state index in [1.165, 1.54) is 0 Å². The molecule has 4 aromatic rings. The van der Waals surface area contributed by atoms with Gasteiger partial charge in [0, 0.05) is 10.7 Å². The fraction of sp³-hybridized carbons (Fsp3) is 0.208. The molecule has 0 saturated heterocycles. The van der Waals surface area contributed by atoms with Crippen molar-refractivity contribution in [3.63, 3.8) is 0 Å². The monoisotopic (exact) mass is 491 g/mol. The lowest BCUT2D eigenvalue weighted by atomic mass is 10.1. The maximum Gasteiger partial charge on any atom is 0.174 e. The van der Waals surface area contributed by atoms with Gasteiger partial charge < -0.3 is 14.0 Å². The average Bonchev–Trinajstić information content (AvgIpc) is 3.43. The molecule has 0 N–H and O–H groups in total. The number of hydrogen-bond acceptors (Lipinski definition) is 5. The highest BCUT2D eigenvalue weighted by atomic mass is 79.9. The molecular weight excluding hydrogens is 470 g/mol. The van der Waals surface area contributed by atoms with Gasteiger partial charge in [-0.3, -0.25) is 0 Å². The van der Waals surface area contributed by atoms with Crippen molar-refractivity contribution in [3.8, 4) is 11.4 Å². The van der Waals surface area contributed by atoms with Crippen molar-refractivity contribution < 1.29 is 9.47 Å². The number of halogens is 1. The molecule has 2 aromatic heterocycles. The molecule has 2 aromatic carbocycles. The van der Waals surface area contributed by atoms with Crippen LogP contribution in [0.3, 0.4) is 0 Å². The minimum absolute atomic E-state index is 0.218. The molecule has 32 heavy (non-hydrogen) atoms. The smallest absolute Gasteiger partial charge is 0.174 e. The summed E-state index contributed by atoms with van der Waals surface area (Å²) in [4.78, 5) is 9.03. The van der Waals surface area contributed by atoms with Crippen LogP contribution in [-0.4, -0.2) is 38.0 Å². The molecule has 1 aliphatic rings. The lowest BCUT2D eigenvalue weighted by Gasteiger charge is -2.23. The summed E-state index contributed by atoms with van der Waals surface area (Å²) in [7, 11) is 1.67. The van der Waals surface area contributed by atoms with Crippen LogP contribution in [0, 0.1) is 6.92 Å². The fourth-order valence-corrected chi connectivity index (χ4v) is 4.02. The standard InChI is InChI=1S/C24H22BrN5O2/c1-16-14-29(15-26-16)20-9-3-17(13-21(20)31-2)4-10-22-27-24-23(32-12-11-30(24)28-22)18-5-7-19(25)8-6-18/h3-10,13-15,23H,11-12H2,1-2H3/b10-4+/t23-/m1/s1. The van der Waals surface area contributed by atoms with Gasteiger partial charge in [-0.2, -0.15) is 5.10 Å². The van der Waals surface area contributed by atoms with Gasteiger partial charge in [0.05, 0.1) is 38.0 Å². The Hall–Kier alpha value is -3.23. The van der Waals surface area contributed by atoms with Gasteiger partial charge in [-0.15, -0.1) is 0 Å². The first-order valence-electron chi connectivity index (χ1n) is 10.3. The van der Waals surface area contributed by atoms with Crippen molar-refractivity contribution in [2.45, 2.75) is 19.6 Å². The summed E-state index contributed by atoms with van der Waals surface area (Å²) in [5.74, 6) is 2.24. The molecule has 0 spiro atoms. The van der Waals surface area contributed by atoms with Gasteiger partial charge in [0.25, 0.3) is 0 Å². The molecule has 0 bridgehead atoms. The van der Waals surface area contributed by atoms with Gasteiger partial charge in [0.15, 0.2) is 11.6 Å². The Morgan fingerprint density at radius 3 is 2.75 bits per heavy atom. The van der Waals surface area contributed by atoms with E-state index in [4.69, 9.17) is 14.5 Å². The first-order chi connectivity index (χ1) is 15.6. The van der Waals surface area contributed by atoms with Crippen molar-refractivity contribution in [3.05, 3.63) is 87.9 Å². The molecule has 3 heterocycles. The Labute approximate surface area is 194 Å². The van der Waals surface area contributed by atoms with Crippen LogP contribution in [0.15, 0.2) is 59.5 Å². The van der Waals surface area contributed by atoms with E-state index in [0.717, 1.165) is 38.6 Å². The largest absolute Gasteiger partial charge is 0.495 e. The topological polar surface area (TPSA) is 67.0 Å². The molecule has 0 amide bonds. The number of benzene rings is 2. The molecule has 7 nitrogen and oxygen atoms in total. The van der Waals surface area contributed by atoms with Crippen molar-refractivity contribution in [2.75, 3.05) is 13.7 Å². The number of fused-ring (bicyclic) bond motifs is 1. The van der Waals surface area contributed by atoms with Gasteiger partial charge in [0.2, 0.25) is 0 Å². The summed E-state index contributed by atoms with van der Waals surface area (Å²) in [6.07, 6.45) is 7.44. The number of aryl methyl sites for hydroxylation is 1. The Kier molecular flexibility index (Phi) is 5.63. The van der Waals surface area contributed by atoms with Gasteiger partial charge in [-0.25, -0.2) is 14.6 Å². The Balaban J connectivity index is 1.40. The quantitative estimate of drug-likeness (QED) is 0.399. The highest BCUT2D eigenvalue weighted by Crippen LogP contribution is 2.29. The number of methoxy groups -OCH3 is 1. The van der Waals surface area contributed by atoms with Crippen LogP contribution < -0.4 is 4.74 Å². The number of hydrogen-bond donors (Lipinski definition) is 0. The van der Waals surface area contributed by atoms with Crippen LogP contribution in [0.5, 0.6) is 5.75 Å². The second-order valence-corrected chi connectivity index (χ2v) is 8.46. The van der Waals surface area contributed by atoms with Gasteiger partial charge in [0.1, 0.15) is 11.9 Å². The van der Waals surface area contributed by atoms with Crippen LogP contribution in [0.4, 0.5) is 0 Å². The first-order valence-corrected chi connectivity index (χ1v) is 11.1. The molecule has 0 fully saturated rings. The summed E-state index contributed by atoms with van der Waals surface area (Å²) in [6, 6.07) is 14.2. The van der Waals surface area contributed by atoms with Crippen molar-refractivity contribution in [1.29, 1.82) is 0 Å². The first kappa shape index (κ1) is 20.7. The van der Waals surface area contributed by atoms with Crippen LogP contribution in [0.2, 0.25) is 0 Å². The maximum absolute atomic E-state index is 6.01. The summed E-state index contributed by atoms with van der Waals surface area (Å²) >= 11 is 3.48. The Morgan fingerprint density at radius 2 is 2.00 bits per heavy atom. The zero-order valence-corrected chi connectivity index (χ0v) is 19.4. The zero-order valence-electron chi connectivity index (χ0n) is 17.8. The molecule has 5 rings (SSSR count). The second kappa shape index (κ2) is 8.72. The predicted molar refractivity (Wildman–Crippen MR) is 126 cm³/mol. The number of aromatic nitrogens is 5. The normalized spacial score (nSPS) is 15.8. The van der Waals surface area contributed by atoms with Crippen LogP contribution in [0.25, 0.3) is 17.8 Å². The summed E-state index contributed by atoms with van der Waals surface area (Å²) in [5.41, 5.74) is 3.95. The molecule has 0 unspecified atom stereocenters. The molecule has 1 atom stereocenters. The van der Waals surface area contributed by atoms with Crippen LogP contribution in [-0.2, 0) is 11.3 Å². The van der Waals surface area contributed by atoms with Gasteiger partial charge in [-0.1, -0.05) is 40.2 Å². The van der Waals surface area contributed by atoms with E-state index in [1.807, 2.05) is 77.0 Å². The summed E-state index contributed by atoms with van der Waals surface area (Å²) in [6.45, 7) is 3.26. The van der Waals surface area contributed by atoms with Crippen molar-refractivity contribution in [1.82, 2.24) is 24.3 Å². The molecule has 1 aliphatic heterocycles. The van der Waals surface area contributed by atoms with Crippen molar-refractivity contribution >= 4 is 28.1 Å². The van der Waals surface area contributed by atoms with E-state index in [0.29, 0.717) is 19.0 Å². The third-order valence-electron chi connectivity index (χ3n) is 5.33. The molecule has 0 saturated carbocycles. The van der Waals surface area contributed by atoms with Gasteiger partial charge in [-0.05, 0) is 48.4 Å². The zero-order chi connectivity index (χ0) is 22.1. The van der Waals surface area contributed by atoms with E-state index in [1.54, 1.807) is 13.4 Å². The second-order valence-electron chi connectivity index (χ2n) is 7.54. The molecule has 8 heteroatoms. The molecular formula is C24H22BrN5O2. The fourth-order valence-electron chi connectivity index (χ4n) is 3.75. The van der Waals surface area contributed by atoms with Crippen LogP contribution >= 0.6 is 15.9 Å². The highest BCUT2D eigenvalue weighted by Gasteiger charge is 2.26. The highest BCUT2D eigenvalue weighted by molar-refractivity contribution is 9.10. The maximum atomic E-state index is 6.01. The average molecular weight is 492 g/mol. The minimum Gasteiger partial charge on any atom is -0.495 e.